The van der Waals surface area contributed by atoms with Gasteiger partial charge in [0.2, 0.25) is 5.91 Å². The van der Waals surface area contributed by atoms with Crippen molar-refractivity contribution in [1.29, 1.82) is 0 Å². The van der Waals surface area contributed by atoms with Crippen LogP contribution in [-0.2, 0) is 14.3 Å². The normalized spacial score (nSPS) is 22.9. The number of carbonyl (C=O) groups is 2. The highest BCUT2D eigenvalue weighted by Gasteiger charge is 2.33. The van der Waals surface area contributed by atoms with Gasteiger partial charge in [0.15, 0.2) is 6.10 Å². The van der Waals surface area contributed by atoms with Gasteiger partial charge >= 0.3 is 0 Å². The van der Waals surface area contributed by atoms with Crippen LogP contribution in [0.4, 0.5) is 5.69 Å². The molecule has 6 nitrogen and oxygen atoms in total. The summed E-state index contributed by atoms with van der Waals surface area (Å²) in [6, 6.07) is 7.34. The molecular formula is C18H24N2O4. The van der Waals surface area contributed by atoms with E-state index in [4.69, 9.17) is 9.47 Å². The van der Waals surface area contributed by atoms with E-state index in [0.29, 0.717) is 37.1 Å². The van der Waals surface area contributed by atoms with Gasteiger partial charge in [-0.3, -0.25) is 14.5 Å². The van der Waals surface area contributed by atoms with E-state index in [1.54, 1.807) is 11.8 Å². The van der Waals surface area contributed by atoms with E-state index in [2.05, 4.69) is 0 Å². The Morgan fingerprint density at radius 3 is 2.88 bits per heavy atom. The zero-order valence-electron chi connectivity index (χ0n) is 14.2. The lowest BCUT2D eigenvalue weighted by molar-refractivity contribution is -0.133. The molecule has 6 heteroatoms. The molecule has 2 aliphatic rings. The zero-order valence-corrected chi connectivity index (χ0v) is 14.2. The number of nitrogens with zero attached hydrogens (tertiary/aromatic N) is 2. The van der Waals surface area contributed by atoms with E-state index in [1.807, 2.05) is 36.1 Å². The Hall–Kier alpha value is -2.08. The van der Waals surface area contributed by atoms with Gasteiger partial charge in [0.05, 0.1) is 12.3 Å². The number of fused-ring (bicyclic) bond motifs is 1. The Balaban J connectivity index is 1.73. The molecule has 2 atom stereocenters. The topological polar surface area (TPSA) is 59.1 Å². The summed E-state index contributed by atoms with van der Waals surface area (Å²) in [5.74, 6) is 0.814. The molecule has 1 aromatic rings. The largest absolute Gasteiger partial charge is 0.479 e. The minimum atomic E-state index is -0.578. The Morgan fingerprint density at radius 2 is 2.17 bits per heavy atom. The predicted molar refractivity (Wildman–Crippen MR) is 90.1 cm³/mol. The van der Waals surface area contributed by atoms with Crippen LogP contribution in [0, 0.1) is 5.92 Å². The minimum Gasteiger partial charge on any atom is -0.479 e. The fraction of sp³-hybridized carbons (Fsp3) is 0.556. The standard InChI is InChI=1S/C18H24N2O4/c1-3-19(10-14-8-9-23-12-14)17(21)11-20-15-6-4-5-7-16(15)24-13(2)18(20)22/h4-7,13-14H,3,8-12H2,1-2H3/t13-,14+/m0/s1. The molecule has 0 aromatic heterocycles. The van der Waals surface area contributed by atoms with Crippen molar-refractivity contribution in [3.8, 4) is 5.75 Å². The molecule has 2 amide bonds. The first-order valence-electron chi connectivity index (χ1n) is 8.52. The molecule has 3 rings (SSSR count). The summed E-state index contributed by atoms with van der Waals surface area (Å²) in [6.45, 7) is 6.51. The summed E-state index contributed by atoms with van der Waals surface area (Å²) in [5, 5.41) is 0. The van der Waals surface area contributed by atoms with Crippen molar-refractivity contribution in [2.75, 3.05) is 37.7 Å². The second-order valence-corrected chi connectivity index (χ2v) is 6.31. The Morgan fingerprint density at radius 1 is 1.38 bits per heavy atom. The number of amides is 2. The highest BCUT2D eigenvalue weighted by atomic mass is 16.5. The molecule has 2 aliphatic heterocycles. The number of likely N-dealkylation sites (N-methyl/N-ethyl adjacent to an activating group) is 1. The van der Waals surface area contributed by atoms with Crippen molar-refractivity contribution < 1.29 is 19.1 Å². The highest BCUT2D eigenvalue weighted by Crippen LogP contribution is 2.33. The second-order valence-electron chi connectivity index (χ2n) is 6.31. The number of carbonyl (C=O) groups excluding carboxylic acids is 2. The Labute approximate surface area is 142 Å². The van der Waals surface area contributed by atoms with E-state index in [9.17, 15) is 9.59 Å². The second kappa shape index (κ2) is 7.21. The number of anilines is 1. The van der Waals surface area contributed by atoms with Crippen molar-refractivity contribution in [2.24, 2.45) is 5.92 Å². The van der Waals surface area contributed by atoms with Gasteiger partial charge in [-0.2, -0.15) is 0 Å². The molecule has 0 unspecified atom stereocenters. The summed E-state index contributed by atoms with van der Waals surface area (Å²) in [7, 11) is 0. The smallest absolute Gasteiger partial charge is 0.268 e. The van der Waals surface area contributed by atoms with E-state index in [0.717, 1.165) is 13.0 Å². The summed E-state index contributed by atoms with van der Waals surface area (Å²) in [5.41, 5.74) is 0.661. The molecule has 0 N–H and O–H groups in total. The van der Waals surface area contributed by atoms with Crippen LogP contribution in [0.15, 0.2) is 24.3 Å². The number of rotatable bonds is 5. The van der Waals surface area contributed by atoms with Crippen LogP contribution in [-0.4, -0.2) is 55.7 Å². The lowest BCUT2D eigenvalue weighted by atomic mass is 10.1. The van der Waals surface area contributed by atoms with Crippen molar-refractivity contribution in [1.82, 2.24) is 4.90 Å². The van der Waals surface area contributed by atoms with Gasteiger partial charge in [-0.05, 0) is 32.4 Å². The van der Waals surface area contributed by atoms with E-state index < -0.39 is 6.10 Å². The Kier molecular flexibility index (Phi) is 5.04. The SMILES string of the molecule is CCN(C[C@H]1CCOC1)C(=O)CN1C(=O)[C@H](C)Oc2ccccc21. The van der Waals surface area contributed by atoms with Gasteiger partial charge in [-0.1, -0.05) is 12.1 Å². The molecule has 0 bridgehead atoms. The lowest BCUT2D eigenvalue weighted by Crippen LogP contribution is -2.50. The van der Waals surface area contributed by atoms with Crippen molar-refractivity contribution >= 4 is 17.5 Å². The number of para-hydroxylation sites is 2. The molecule has 0 saturated carbocycles. The molecule has 130 valence electrons. The van der Waals surface area contributed by atoms with Crippen LogP contribution < -0.4 is 9.64 Å². The average molecular weight is 332 g/mol. The van der Waals surface area contributed by atoms with Crippen LogP contribution in [0.2, 0.25) is 0 Å². The van der Waals surface area contributed by atoms with E-state index in [1.165, 1.54) is 0 Å². The van der Waals surface area contributed by atoms with Gasteiger partial charge in [0.1, 0.15) is 12.3 Å². The number of ether oxygens (including phenoxy) is 2. The number of benzene rings is 1. The van der Waals surface area contributed by atoms with Gasteiger partial charge in [0.25, 0.3) is 5.91 Å². The van der Waals surface area contributed by atoms with Crippen LogP contribution in [0.5, 0.6) is 5.75 Å². The first-order chi connectivity index (χ1) is 11.6. The van der Waals surface area contributed by atoms with Gasteiger partial charge in [-0.25, -0.2) is 0 Å². The van der Waals surface area contributed by atoms with Crippen LogP contribution in [0.25, 0.3) is 0 Å². The van der Waals surface area contributed by atoms with Crippen LogP contribution >= 0.6 is 0 Å². The van der Waals surface area contributed by atoms with Crippen molar-refractivity contribution in [2.45, 2.75) is 26.4 Å². The van der Waals surface area contributed by atoms with Crippen LogP contribution in [0.1, 0.15) is 20.3 Å². The predicted octanol–water partition coefficient (Wildman–Crippen LogP) is 1.69. The highest BCUT2D eigenvalue weighted by molar-refractivity contribution is 6.03. The monoisotopic (exact) mass is 332 g/mol. The van der Waals surface area contributed by atoms with Gasteiger partial charge in [-0.15, -0.1) is 0 Å². The third-order valence-corrected chi connectivity index (χ3v) is 4.60. The molecule has 2 heterocycles. The fourth-order valence-corrected chi connectivity index (χ4v) is 3.20. The quantitative estimate of drug-likeness (QED) is 0.823. The molecule has 1 aromatic carbocycles. The summed E-state index contributed by atoms with van der Waals surface area (Å²) >= 11 is 0. The first kappa shape index (κ1) is 16.8. The molecule has 1 saturated heterocycles. The zero-order chi connectivity index (χ0) is 17.1. The first-order valence-corrected chi connectivity index (χ1v) is 8.52. The fourth-order valence-electron chi connectivity index (χ4n) is 3.20. The third kappa shape index (κ3) is 3.38. The minimum absolute atomic E-state index is 0.0401. The molecule has 0 aliphatic carbocycles. The summed E-state index contributed by atoms with van der Waals surface area (Å²) in [6.07, 6.45) is 0.408. The van der Waals surface area contributed by atoms with Gasteiger partial charge in [0, 0.05) is 25.6 Å². The molecule has 1 fully saturated rings. The maximum absolute atomic E-state index is 12.7. The molecule has 0 spiro atoms. The molecule has 24 heavy (non-hydrogen) atoms. The number of hydrogen-bond acceptors (Lipinski definition) is 4. The number of hydrogen-bond donors (Lipinski definition) is 0. The summed E-state index contributed by atoms with van der Waals surface area (Å²) < 4.78 is 11.0. The molecule has 0 radical (unpaired) electrons. The van der Waals surface area contributed by atoms with Crippen molar-refractivity contribution in [3.05, 3.63) is 24.3 Å². The maximum Gasteiger partial charge on any atom is 0.268 e. The van der Waals surface area contributed by atoms with E-state index >= 15 is 0 Å². The lowest BCUT2D eigenvalue weighted by Gasteiger charge is -2.34. The average Bonchev–Trinajstić information content (AvgIpc) is 3.09. The van der Waals surface area contributed by atoms with Gasteiger partial charge < -0.3 is 14.4 Å². The molecular weight excluding hydrogens is 308 g/mol. The maximum atomic E-state index is 12.7. The van der Waals surface area contributed by atoms with Crippen molar-refractivity contribution in [3.63, 3.8) is 0 Å². The summed E-state index contributed by atoms with van der Waals surface area (Å²) in [4.78, 5) is 28.6. The third-order valence-electron chi connectivity index (χ3n) is 4.60. The van der Waals surface area contributed by atoms with E-state index in [-0.39, 0.29) is 18.4 Å². The Bertz CT molecular complexity index is 613. The van der Waals surface area contributed by atoms with Crippen LogP contribution in [0.3, 0.4) is 0 Å².